The standard InChI is InChI=1S/C15H33O3P/c1-10-13(4,5)16-19(17-14(6,7)11-2)18-15(8,9)12-3/h10-12H2,1-9H3. The lowest BCUT2D eigenvalue weighted by Crippen LogP contribution is -2.30. The van der Waals surface area contributed by atoms with E-state index in [0.717, 1.165) is 19.3 Å². The van der Waals surface area contributed by atoms with Gasteiger partial charge in [0.05, 0.1) is 16.8 Å². The van der Waals surface area contributed by atoms with Crippen molar-refractivity contribution < 1.29 is 13.6 Å². The zero-order valence-corrected chi connectivity index (χ0v) is 15.2. The van der Waals surface area contributed by atoms with Crippen LogP contribution in [0.4, 0.5) is 0 Å². The van der Waals surface area contributed by atoms with Crippen molar-refractivity contribution >= 4 is 8.60 Å². The minimum Gasteiger partial charge on any atom is -0.306 e. The van der Waals surface area contributed by atoms with Crippen LogP contribution < -0.4 is 0 Å². The molecule has 0 spiro atoms. The van der Waals surface area contributed by atoms with E-state index in [-0.39, 0.29) is 16.8 Å². The average Bonchev–Trinajstić information content (AvgIpc) is 2.27. The molecule has 0 aliphatic heterocycles. The second kappa shape index (κ2) is 7.36. The van der Waals surface area contributed by atoms with Crippen LogP contribution in [0.2, 0.25) is 0 Å². The van der Waals surface area contributed by atoms with E-state index >= 15 is 0 Å². The molecule has 19 heavy (non-hydrogen) atoms. The van der Waals surface area contributed by atoms with Gasteiger partial charge in [-0.2, -0.15) is 0 Å². The van der Waals surface area contributed by atoms with Crippen LogP contribution in [-0.2, 0) is 13.6 Å². The molecule has 3 nitrogen and oxygen atoms in total. The van der Waals surface area contributed by atoms with Gasteiger partial charge in [0.15, 0.2) is 0 Å². The highest BCUT2D eigenvalue weighted by atomic mass is 31.2. The Morgan fingerprint density at radius 3 is 0.947 bits per heavy atom. The fourth-order valence-corrected chi connectivity index (χ4v) is 2.56. The Kier molecular flexibility index (Phi) is 7.48. The van der Waals surface area contributed by atoms with Crippen LogP contribution in [-0.4, -0.2) is 16.8 Å². The molecule has 4 heteroatoms. The lowest BCUT2D eigenvalue weighted by molar-refractivity contribution is -0.0173. The summed E-state index contributed by atoms with van der Waals surface area (Å²) in [7, 11) is -1.34. The smallest absolute Gasteiger partial charge is 0.306 e. The summed E-state index contributed by atoms with van der Waals surface area (Å²) >= 11 is 0. The summed E-state index contributed by atoms with van der Waals surface area (Å²) in [6, 6.07) is 0. The van der Waals surface area contributed by atoms with Gasteiger partial charge in [-0.05, 0) is 60.8 Å². The van der Waals surface area contributed by atoms with E-state index in [2.05, 4.69) is 62.3 Å². The van der Waals surface area contributed by atoms with Crippen molar-refractivity contribution in [3.63, 3.8) is 0 Å². The lowest BCUT2D eigenvalue weighted by Gasteiger charge is -2.36. The van der Waals surface area contributed by atoms with E-state index in [1.165, 1.54) is 0 Å². The first kappa shape index (κ1) is 19.3. The third-order valence-corrected chi connectivity index (χ3v) is 5.45. The van der Waals surface area contributed by atoms with E-state index in [1.54, 1.807) is 0 Å². The molecule has 0 aromatic carbocycles. The molecule has 116 valence electrons. The van der Waals surface area contributed by atoms with Crippen LogP contribution in [0.15, 0.2) is 0 Å². The molecule has 0 aliphatic rings. The predicted octanol–water partition coefficient (Wildman–Crippen LogP) is 5.83. The second-order valence-electron chi connectivity index (χ2n) is 6.84. The quantitative estimate of drug-likeness (QED) is 0.500. The van der Waals surface area contributed by atoms with E-state index in [9.17, 15) is 0 Å². The van der Waals surface area contributed by atoms with E-state index in [4.69, 9.17) is 13.6 Å². The lowest BCUT2D eigenvalue weighted by atomic mass is 10.1. The third-order valence-electron chi connectivity index (χ3n) is 3.52. The Hall–Kier alpha value is 0.310. The molecule has 0 saturated heterocycles. The Balaban J connectivity index is 4.84. The molecule has 0 saturated carbocycles. The molecular weight excluding hydrogens is 259 g/mol. The summed E-state index contributed by atoms with van der Waals surface area (Å²) in [5.41, 5.74) is -0.669. The maximum Gasteiger partial charge on any atom is 0.334 e. The van der Waals surface area contributed by atoms with Gasteiger partial charge in [-0.3, -0.25) is 0 Å². The molecule has 0 heterocycles. The van der Waals surface area contributed by atoms with Crippen LogP contribution in [0.25, 0.3) is 0 Å². The highest BCUT2D eigenvalue weighted by molar-refractivity contribution is 7.41. The summed E-state index contributed by atoms with van der Waals surface area (Å²) in [5.74, 6) is 0. The molecule has 0 aromatic heterocycles. The predicted molar refractivity (Wildman–Crippen MR) is 83.3 cm³/mol. The molecule has 0 amide bonds. The average molecular weight is 292 g/mol. The maximum absolute atomic E-state index is 6.08. The molecule has 0 unspecified atom stereocenters. The van der Waals surface area contributed by atoms with Gasteiger partial charge in [0, 0.05) is 0 Å². The largest absolute Gasteiger partial charge is 0.334 e. The van der Waals surface area contributed by atoms with Crippen LogP contribution >= 0.6 is 8.60 Å². The van der Waals surface area contributed by atoms with Crippen LogP contribution in [0, 0.1) is 0 Å². The Bertz CT molecular complexity index is 219. The first-order valence-electron chi connectivity index (χ1n) is 7.34. The summed E-state index contributed by atoms with van der Waals surface area (Å²) < 4.78 is 18.2. The van der Waals surface area contributed by atoms with Crippen LogP contribution in [0.3, 0.4) is 0 Å². The molecule has 0 rings (SSSR count). The molecule has 0 N–H and O–H groups in total. The molecule has 0 atom stereocenters. The van der Waals surface area contributed by atoms with Gasteiger partial charge in [-0.25, -0.2) is 0 Å². The molecule has 0 bridgehead atoms. The molecule has 0 radical (unpaired) electrons. The molecule has 0 aliphatic carbocycles. The van der Waals surface area contributed by atoms with E-state index < -0.39 is 8.60 Å². The van der Waals surface area contributed by atoms with Crippen molar-refractivity contribution in [3.05, 3.63) is 0 Å². The van der Waals surface area contributed by atoms with Gasteiger partial charge < -0.3 is 13.6 Å². The van der Waals surface area contributed by atoms with Crippen molar-refractivity contribution in [3.8, 4) is 0 Å². The van der Waals surface area contributed by atoms with Gasteiger partial charge in [0.25, 0.3) is 0 Å². The Morgan fingerprint density at radius 1 is 0.579 bits per heavy atom. The highest BCUT2D eigenvalue weighted by Crippen LogP contribution is 2.51. The molecule has 0 aromatic rings. The fourth-order valence-electron chi connectivity index (χ4n) is 0.855. The Morgan fingerprint density at radius 2 is 0.789 bits per heavy atom. The summed E-state index contributed by atoms with van der Waals surface area (Å²) in [6.45, 7) is 18.8. The first-order chi connectivity index (χ1) is 8.47. The van der Waals surface area contributed by atoms with Crippen LogP contribution in [0.1, 0.15) is 81.6 Å². The van der Waals surface area contributed by atoms with Gasteiger partial charge >= 0.3 is 8.60 Å². The third kappa shape index (κ3) is 8.24. The fraction of sp³-hybridized carbons (Fsp3) is 1.00. The zero-order valence-electron chi connectivity index (χ0n) is 14.3. The van der Waals surface area contributed by atoms with Crippen molar-refractivity contribution in [1.82, 2.24) is 0 Å². The van der Waals surface area contributed by atoms with Crippen molar-refractivity contribution in [2.75, 3.05) is 0 Å². The molecular formula is C15H33O3P. The van der Waals surface area contributed by atoms with Crippen LogP contribution in [0.5, 0.6) is 0 Å². The summed E-state index contributed by atoms with van der Waals surface area (Å²) in [6.07, 6.45) is 2.78. The molecule has 0 fully saturated rings. The minimum atomic E-state index is -1.34. The van der Waals surface area contributed by atoms with E-state index in [1.807, 2.05) is 0 Å². The van der Waals surface area contributed by atoms with Crippen molar-refractivity contribution in [2.24, 2.45) is 0 Å². The highest BCUT2D eigenvalue weighted by Gasteiger charge is 2.34. The van der Waals surface area contributed by atoms with Crippen molar-refractivity contribution in [1.29, 1.82) is 0 Å². The number of rotatable bonds is 9. The van der Waals surface area contributed by atoms with Crippen molar-refractivity contribution in [2.45, 2.75) is 98.4 Å². The zero-order chi connectivity index (χ0) is 15.3. The first-order valence-corrected chi connectivity index (χ1v) is 8.44. The van der Waals surface area contributed by atoms with E-state index in [0.29, 0.717) is 0 Å². The minimum absolute atomic E-state index is 0.223. The van der Waals surface area contributed by atoms with Gasteiger partial charge in [-0.1, -0.05) is 20.8 Å². The topological polar surface area (TPSA) is 27.7 Å². The maximum atomic E-state index is 6.08. The summed E-state index contributed by atoms with van der Waals surface area (Å²) in [4.78, 5) is 0. The van der Waals surface area contributed by atoms with Gasteiger partial charge in [-0.15, -0.1) is 0 Å². The van der Waals surface area contributed by atoms with Gasteiger partial charge in [0.2, 0.25) is 0 Å². The number of hydrogen-bond acceptors (Lipinski definition) is 3. The second-order valence-corrected chi connectivity index (χ2v) is 7.83. The SMILES string of the molecule is CCC(C)(C)OP(OC(C)(C)CC)OC(C)(C)CC. The monoisotopic (exact) mass is 292 g/mol. The summed E-state index contributed by atoms with van der Waals surface area (Å²) in [5, 5.41) is 0. The van der Waals surface area contributed by atoms with Gasteiger partial charge in [0.1, 0.15) is 0 Å². The normalized spacial score (nSPS) is 14.2. The number of hydrogen-bond donors (Lipinski definition) is 0. The Labute approximate surface area is 121 Å².